The van der Waals surface area contributed by atoms with Crippen molar-refractivity contribution < 1.29 is 13.5 Å². The first kappa shape index (κ1) is 19.9. The maximum Gasteiger partial charge on any atom is 0.290 e. The summed E-state index contributed by atoms with van der Waals surface area (Å²) < 4.78 is 28.0. The van der Waals surface area contributed by atoms with E-state index >= 15 is 0 Å². The fourth-order valence-electron chi connectivity index (χ4n) is 3.02. The van der Waals surface area contributed by atoms with Crippen LogP contribution in [0.25, 0.3) is 0 Å². The number of aromatic nitrogens is 1. The van der Waals surface area contributed by atoms with Gasteiger partial charge in [-0.05, 0) is 37.0 Å². The summed E-state index contributed by atoms with van der Waals surface area (Å²) in [6.07, 6.45) is 3.26. The second-order valence-corrected chi connectivity index (χ2v) is 10.5. The van der Waals surface area contributed by atoms with Gasteiger partial charge in [0.25, 0.3) is 10.0 Å². The second kappa shape index (κ2) is 6.92. The van der Waals surface area contributed by atoms with Gasteiger partial charge in [-0.25, -0.2) is 4.98 Å². The van der Waals surface area contributed by atoms with E-state index in [9.17, 15) is 13.5 Å². The summed E-state index contributed by atoms with van der Waals surface area (Å²) in [5, 5.41) is 13.3. The van der Waals surface area contributed by atoms with Gasteiger partial charge in [-0.2, -0.15) is 8.42 Å². The van der Waals surface area contributed by atoms with Crippen molar-refractivity contribution in [3.8, 4) is 0 Å². The normalized spacial score (nSPS) is 17.3. The second-order valence-electron chi connectivity index (χ2n) is 7.62. The summed E-state index contributed by atoms with van der Waals surface area (Å²) in [6, 6.07) is 6.14. The van der Waals surface area contributed by atoms with Gasteiger partial charge in [0, 0.05) is 17.8 Å². The van der Waals surface area contributed by atoms with E-state index in [2.05, 4.69) is 41.0 Å². The first-order valence-electron chi connectivity index (χ1n) is 8.82. The van der Waals surface area contributed by atoms with E-state index in [4.69, 9.17) is 0 Å². The number of aliphatic hydroxyl groups is 1. The van der Waals surface area contributed by atoms with Crippen LogP contribution in [-0.4, -0.2) is 18.5 Å². The molecule has 1 atom stereocenters. The lowest BCUT2D eigenvalue weighted by Gasteiger charge is -2.27. The molecule has 1 aromatic carbocycles. The molecule has 0 amide bonds. The summed E-state index contributed by atoms with van der Waals surface area (Å²) in [6.45, 7) is 9.45. The maximum absolute atomic E-state index is 12.8. The lowest BCUT2D eigenvalue weighted by Crippen LogP contribution is -2.30. The number of allylic oxidation sites excluding steroid dienone is 1. The van der Waals surface area contributed by atoms with Crippen LogP contribution in [0, 0.1) is 0 Å². The number of rotatable bonds is 5. The van der Waals surface area contributed by atoms with Crippen molar-refractivity contribution in [2.24, 2.45) is 0 Å². The predicted octanol–water partition coefficient (Wildman–Crippen LogP) is 3.84. The minimum Gasteiger partial charge on any atom is -0.385 e. The maximum atomic E-state index is 12.8. The van der Waals surface area contributed by atoms with Crippen molar-refractivity contribution in [3.63, 3.8) is 0 Å². The SMILES string of the molecule is CC(C)c1cccc2c1NC(NS(=O)(=O)c1ncc(C(C)(C)O)s1)=CC2C. The number of thiazole rings is 1. The third kappa shape index (κ3) is 4.02. The molecule has 1 aliphatic rings. The number of nitrogens with zero attached hydrogens (tertiary/aromatic N) is 1. The number of fused-ring (bicyclic) bond motifs is 1. The molecule has 0 aliphatic carbocycles. The zero-order valence-electron chi connectivity index (χ0n) is 16.1. The molecule has 146 valence electrons. The Labute approximate surface area is 164 Å². The van der Waals surface area contributed by atoms with Crippen LogP contribution in [0.1, 0.15) is 62.5 Å². The number of hydrogen-bond acceptors (Lipinski definition) is 6. The molecule has 8 heteroatoms. The topological polar surface area (TPSA) is 91.3 Å². The Morgan fingerprint density at radius 3 is 2.63 bits per heavy atom. The zero-order chi connectivity index (χ0) is 20.0. The number of nitrogens with one attached hydrogen (secondary N) is 2. The van der Waals surface area contributed by atoms with Crippen molar-refractivity contribution >= 4 is 27.0 Å². The lowest BCUT2D eigenvalue weighted by molar-refractivity contribution is 0.0823. The van der Waals surface area contributed by atoms with Crippen LogP contribution in [0.3, 0.4) is 0 Å². The first-order valence-corrected chi connectivity index (χ1v) is 11.1. The third-order valence-electron chi connectivity index (χ3n) is 4.48. The fraction of sp³-hybridized carbons (Fsp3) is 0.421. The average molecular weight is 408 g/mol. The highest BCUT2D eigenvalue weighted by Gasteiger charge is 2.27. The van der Waals surface area contributed by atoms with Crippen LogP contribution in [0.4, 0.5) is 5.69 Å². The molecule has 0 saturated heterocycles. The summed E-state index contributed by atoms with van der Waals surface area (Å²) in [4.78, 5) is 4.48. The average Bonchev–Trinajstić information content (AvgIpc) is 3.05. The van der Waals surface area contributed by atoms with Crippen molar-refractivity contribution in [3.05, 3.63) is 52.3 Å². The van der Waals surface area contributed by atoms with Crippen molar-refractivity contribution in [1.29, 1.82) is 0 Å². The number of hydrogen-bond donors (Lipinski definition) is 3. The van der Waals surface area contributed by atoms with E-state index in [1.807, 2.05) is 19.1 Å². The van der Waals surface area contributed by atoms with Gasteiger partial charge in [0.05, 0.1) is 10.5 Å². The highest BCUT2D eigenvalue weighted by Crippen LogP contribution is 2.37. The van der Waals surface area contributed by atoms with Crippen LogP contribution in [0.5, 0.6) is 0 Å². The largest absolute Gasteiger partial charge is 0.385 e. The number of anilines is 1. The van der Waals surface area contributed by atoms with E-state index in [0.717, 1.165) is 28.2 Å². The Kier molecular flexibility index (Phi) is 5.09. The van der Waals surface area contributed by atoms with Crippen LogP contribution >= 0.6 is 11.3 Å². The molecule has 1 aromatic heterocycles. The first-order chi connectivity index (χ1) is 12.5. The number of para-hydroxylation sites is 1. The summed E-state index contributed by atoms with van der Waals surface area (Å²) in [7, 11) is -3.84. The van der Waals surface area contributed by atoms with Crippen molar-refractivity contribution in [2.75, 3.05) is 5.32 Å². The van der Waals surface area contributed by atoms with E-state index in [1.54, 1.807) is 13.8 Å². The van der Waals surface area contributed by atoms with Crippen molar-refractivity contribution in [1.82, 2.24) is 9.71 Å². The lowest BCUT2D eigenvalue weighted by atomic mass is 9.90. The Morgan fingerprint density at radius 2 is 2.04 bits per heavy atom. The highest BCUT2D eigenvalue weighted by atomic mass is 32.2. The minimum atomic E-state index is -3.84. The Morgan fingerprint density at radius 1 is 1.33 bits per heavy atom. The molecule has 3 N–H and O–H groups in total. The highest BCUT2D eigenvalue weighted by molar-refractivity contribution is 7.91. The molecule has 2 aromatic rings. The van der Waals surface area contributed by atoms with Gasteiger partial charge in [-0.15, -0.1) is 11.3 Å². The van der Waals surface area contributed by atoms with Gasteiger partial charge in [-0.3, -0.25) is 4.72 Å². The minimum absolute atomic E-state index is 0.0703. The quantitative estimate of drug-likeness (QED) is 0.700. The Hall–Kier alpha value is -1.90. The molecule has 6 nitrogen and oxygen atoms in total. The molecule has 0 bridgehead atoms. The summed E-state index contributed by atoms with van der Waals surface area (Å²) >= 11 is 0.963. The van der Waals surface area contributed by atoms with E-state index in [1.165, 1.54) is 6.20 Å². The van der Waals surface area contributed by atoms with Gasteiger partial charge in [0.15, 0.2) is 0 Å². The standard InChI is InChI=1S/C19H25N3O3S2/c1-11(2)13-7-6-8-14-12(3)9-16(21-17(13)14)22-27(24,25)18-20-10-15(26-18)19(4,5)23/h6-12,21-23H,1-5H3. The summed E-state index contributed by atoms with van der Waals surface area (Å²) in [5.74, 6) is 0.799. The molecule has 0 saturated carbocycles. The molecule has 0 fully saturated rings. The third-order valence-corrected chi connectivity index (χ3v) is 7.55. The molecule has 27 heavy (non-hydrogen) atoms. The molecule has 3 rings (SSSR count). The van der Waals surface area contributed by atoms with E-state index in [-0.39, 0.29) is 10.3 Å². The Balaban J connectivity index is 1.89. The molecule has 1 unspecified atom stereocenters. The zero-order valence-corrected chi connectivity index (χ0v) is 17.7. The van der Waals surface area contributed by atoms with E-state index < -0.39 is 15.6 Å². The van der Waals surface area contributed by atoms with Gasteiger partial charge < -0.3 is 10.4 Å². The molecular formula is C19H25N3O3S2. The molecule has 2 heterocycles. The smallest absolute Gasteiger partial charge is 0.290 e. The predicted molar refractivity (Wildman–Crippen MR) is 108 cm³/mol. The molecule has 1 aliphatic heterocycles. The van der Waals surface area contributed by atoms with Gasteiger partial charge in [0.1, 0.15) is 5.82 Å². The van der Waals surface area contributed by atoms with Crippen LogP contribution in [-0.2, 0) is 15.6 Å². The molecule has 0 radical (unpaired) electrons. The van der Waals surface area contributed by atoms with Gasteiger partial charge in [-0.1, -0.05) is 39.0 Å². The monoisotopic (exact) mass is 407 g/mol. The van der Waals surface area contributed by atoms with Crippen LogP contribution in [0.15, 0.2) is 40.6 Å². The number of benzene rings is 1. The molecule has 0 spiro atoms. The van der Waals surface area contributed by atoms with Crippen molar-refractivity contribution in [2.45, 2.75) is 56.4 Å². The van der Waals surface area contributed by atoms with Gasteiger partial charge in [0.2, 0.25) is 4.34 Å². The Bertz CT molecular complexity index is 986. The molecular weight excluding hydrogens is 382 g/mol. The van der Waals surface area contributed by atoms with Crippen LogP contribution < -0.4 is 10.0 Å². The summed E-state index contributed by atoms with van der Waals surface area (Å²) in [5.41, 5.74) is 2.11. The van der Waals surface area contributed by atoms with E-state index in [0.29, 0.717) is 16.6 Å². The van der Waals surface area contributed by atoms with Crippen LogP contribution in [0.2, 0.25) is 0 Å². The number of sulfonamides is 1. The van der Waals surface area contributed by atoms with Gasteiger partial charge >= 0.3 is 0 Å². The fourth-order valence-corrected chi connectivity index (χ4v) is 5.19.